The van der Waals surface area contributed by atoms with Gasteiger partial charge in [-0.3, -0.25) is 4.79 Å². The third kappa shape index (κ3) is 6.29. The number of anilines is 1. The van der Waals surface area contributed by atoms with Gasteiger partial charge >= 0.3 is 0 Å². The zero-order chi connectivity index (χ0) is 22.6. The molecule has 0 aliphatic carbocycles. The number of hydrogen-bond donors (Lipinski definition) is 1. The summed E-state index contributed by atoms with van der Waals surface area (Å²) in [5.74, 6) is 0.703. The first-order chi connectivity index (χ1) is 15.4. The van der Waals surface area contributed by atoms with Crippen molar-refractivity contribution in [2.45, 2.75) is 34.8 Å². The quantitative estimate of drug-likeness (QED) is 0.473. The summed E-state index contributed by atoms with van der Waals surface area (Å²) in [6, 6.07) is 12.0. The van der Waals surface area contributed by atoms with Gasteiger partial charge in [0, 0.05) is 24.1 Å². The van der Waals surface area contributed by atoms with Crippen LogP contribution in [0.5, 0.6) is 0 Å². The third-order valence-corrected chi connectivity index (χ3v) is 8.17. The van der Waals surface area contributed by atoms with Crippen LogP contribution in [0, 0.1) is 0 Å². The summed E-state index contributed by atoms with van der Waals surface area (Å²) in [7, 11) is -3.25. The topological polar surface area (TPSA) is 94.6 Å². The van der Waals surface area contributed by atoms with Gasteiger partial charge in [0.05, 0.1) is 34.7 Å². The van der Waals surface area contributed by atoms with E-state index in [1.807, 2.05) is 18.2 Å². The number of aromatic nitrogens is 1. The van der Waals surface area contributed by atoms with Crippen molar-refractivity contribution in [3.8, 4) is 0 Å². The molecule has 0 unspecified atom stereocenters. The number of sulfone groups is 1. The van der Waals surface area contributed by atoms with E-state index in [0.29, 0.717) is 5.69 Å². The molecule has 32 heavy (non-hydrogen) atoms. The molecule has 1 saturated heterocycles. The number of nitrogens with zero attached hydrogens (tertiary/aromatic N) is 1. The highest BCUT2D eigenvalue weighted by Gasteiger charge is 2.15. The lowest BCUT2D eigenvalue weighted by atomic mass is 10.1. The van der Waals surface area contributed by atoms with Crippen LogP contribution in [0.1, 0.15) is 18.4 Å². The van der Waals surface area contributed by atoms with Crippen LogP contribution in [0.4, 0.5) is 5.69 Å². The Morgan fingerprint density at radius 2 is 1.94 bits per heavy atom. The van der Waals surface area contributed by atoms with Crippen molar-refractivity contribution >= 4 is 54.7 Å². The fourth-order valence-corrected chi connectivity index (χ4v) is 6.00. The lowest BCUT2D eigenvalue weighted by molar-refractivity contribution is -0.178. The predicted molar refractivity (Wildman–Crippen MR) is 127 cm³/mol. The lowest BCUT2D eigenvalue weighted by Gasteiger charge is -2.22. The molecule has 1 aromatic heterocycles. The number of benzene rings is 2. The molecule has 0 spiro atoms. The molecule has 10 heteroatoms. The van der Waals surface area contributed by atoms with Crippen molar-refractivity contribution in [2.24, 2.45) is 0 Å². The number of amides is 1. The van der Waals surface area contributed by atoms with Crippen LogP contribution in [0.2, 0.25) is 0 Å². The maximum atomic E-state index is 12.4. The van der Waals surface area contributed by atoms with Crippen molar-refractivity contribution < 1.29 is 22.7 Å². The number of carbonyl (C=O) groups is 1. The second kappa shape index (κ2) is 10.3. The standard InChI is InChI=1S/C22H24N2O5S3/c1-32(26,27)17-6-3-15(4-7-17)13-20(25)23-16-5-8-18-19(14-16)31-22(24-18)30-12-9-21-28-10-2-11-29-21/h3-8,14,21H,2,9-13H2,1H3,(H,23,25). The van der Waals surface area contributed by atoms with E-state index in [4.69, 9.17) is 9.47 Å². The van der Waals surface area contributed by atoms with Gasteiger partial charge in [0.1, 0.15) is 0 Å². The van der Waals surface area contributed by atoms with E-state index in [0.717, 1.165) is 58.2 Å². The maximum absolute atomic E-state index is 12.4. The predicted octanol–water partition coefficient (Wildman–Crippen LogP) is 4.13. The van der Waals surface area contributed by atoms with Crippen LogP contribution in [-0.2, 0) is 30.5 Å². The van der Waals surface area contributed by atoms with Crippen LogP contribution < -0.4 is 5.32 Å². The van der Waals surface area contributed by atoms with E-state index >= 15 is 0 Å². The van der Waals surface area contributed by atoms with E-state index in [1.165, 1.54) is 12.1 Å². The van der Waals surface area contributed by atoms with E-state index in [-0.39, 0.29) is 23.5 Å². The first-order valence-electron chi connectivity index (χ1n) is 10.2. The first-order valence-corrected chi connectivity index (χ1v) is 13.9. The van der Waals surface area contributed by atoms with E-state index in [1.54, 1.807) is 35.2 Å². The minimum atomic E-state index is -3.25. The van der Waals surface area contributed by atoms with Gasteiger partial charge in [-0.15, -0.1) is 11.3 Å². The van der Waals surface area contributed by atoms with Crippen molar-refractivity contribution in [3.63, 3.8) is 0 Å². The normalized spacial score (nSPS) is 15.2. The Labute approximate surface area is 195 Å². The molecule has 1 fully saturated rings. The fraction of sp³-hybridized carbons (Fsp3) is 0.364. The molecule has 2 heterocycles. The van der Waals surface area contributed by atoms with Crippen molar-refractivity contribution in [2.75, 3.05) is 30.5 Å². The molecule has 4 rings (SSSR count). The van der Waals surface area contributed by atoms with Crippen LogP contribution >= 0.6 is 23.1 Å². The SMILES string of the molecule is CS(=O)(=O)c1ccc(CC(=O)Nc2ccc3nc(SCCC4OCCCO4)sc3c2)cc1. The average molecular weight is 493 g/mol. The largest absolute Gasteiger partial charge is 0.353 e. The molecule has 0 saturated carbocycles. The average Bonchev–Trinajstić information content (AvgIpc) is 3.16. The molecule has 1 N–H and O–H groups in total. The minimum absolute atomic E-state index is 0.116. The van der Waals surface area contributed by atoms with Crippen LogP contribution in [0.15, 0.2) is 51.7 Å². The zero-order valence-corrected chi connectivity index (χ0v) is 20.0. The van der Waals surface area contributed by atoms with Gasteiger partial charge in [0.15, 0.2) is 20.5 Å². The van der Waals surface area contributed by atoms with E-state index in [2.05, 4.69) is 10.3 Å². The Kier molecular flexibility index (Phi) is 7.47. The summed E-state index contributed by atoms with van der Waals surface area (Å²) in [6.45, 7) is 1.52. The number of rotatable bonds is 8. The summed E-state index contributed by atoms with van der Waals surface area (Å²) in [5.41, 5.74) is 2.36. The van der Waals surface area contributed by atoms with Crippen molar-refractivity contribution in [3.05, 3.63) is 48.0 Å². The molecule has 1 amide bonds. The molecule has 170 valence electrons. The first kappa shape index (κ1) is 23.2. The van der Waals surface area contributed by atoms with Gasteiger partial charge in [-0.05, 0) is 42.3 Å². The van der Waals surface area contributed by atoms with Crippen molar-refractivity contribution in [1.29, 1.82) is 0 Å². The van der Waals surface area contributed by atoms with Gasteiger partial charge < -0.3 is 14.8 Å². The summed E-state index contributed by atoms with van der Waals surface area (Å²) in [5, 5.41) is 2.90. The molecule has 3 aromatic rings. The fourth-order valence-electron chi connectivity index (χ4n) is 3.23. The lowest BCUT2D eigenvalue weighted by Crippen LogP contribution is -2.25. The van der Waals surface area contributed by atoms with Crippen LogP contribution in [0.25, 0.3) is 10.2 Å². The van der Waals surface area contributed by atoms with Crippen LogP contribution in [-0.4, -0.2) is 50.8 Å². The highest BCUT2D eigenvalue weighted by molar-refractivity contribution is 8.01. The Balaban J connectivity index is 1.32. The zero-order valence-electron chi connectivity index (χ0n) is 17.6. The second-order valence-corrected chi connectivity index (χ2v) is 11.9. The van der Waals surface area contributed by atoms with Gasteiger partial charge in [0.2, 0.25) is 5.91 Å². The number of carbonyl (C=O) groups excluding carboxylic acids is 1. The van der Waals surface area contributed by atoms with E-state index in [9.17, 15) is 13.2 Å². The molecule has 0 radical (unpaired) electrons. The molecule has 7 nitrogen and oxygen atoms in total. The smallest absolute Gasteiger partial charge is 0.228 e. The molecule has 1 aliphatic rings. The van der Waals surface area contributed by atoms with Gasteiger partial charge in [-0.1, -0.05) is 23.9 Å². The number of fused-ring (bicyclic) bond motifs is 1. The Morgan fingerprint density at radius 1 is 1.19 bits per heavy atom. The second-order valence-electron chi connectivity index (χ2n) is 7.47. The summed E-state index contributed by atoms with van der Waals surface area (Å²) < 4.78 is 36.2. The molecular formula is C22H24N2O5S3. The minimum Gasteiger partial charge on any atom is -0.353 e. The van der Waals surface area contributed by atoms with Crippen LogP contribution in [0.3, 0.4) is 0 Å². The number of nitrogens with one attached hydrogen (secondary N) is 1. The number of ether oxygens (including phenoxy) is 2. The number of hydrogen-bond acceptors (Lipinski definition) is 8. The Morgan fingerprint density at radius 3 is 2.66 bits per heavy atom. The number of thioether (sulfide) groups is 1. The summed E-state index contributed by atoms with van der Waals surface area (Å²) >= 11 is 3.28. The monoisotopic (exact) mass is 492 g/mol. The molecule has 2 aromatic carbocycles. The molecule has 0 atom stereocenters. The van der Waals surface area contributed by atoms with E-state index < -0.39 is 9.84 Å². The summed E-state index contributed by atoms with van der Waals surface area (Å²) in [4.78, 5) is 17.3. The molecule has 1 aliphatic heterocycles. The van der Waals surface area contributed by atoms with Gasteiger partial charge in [-0.2, -0.15) is 0 Å². The summed E-state index contributed by atoms with van der Waals surface area (Å²) in [6.07, 6.45) is 2.99. The highest BCUT2D eigenvalue weighted by Crippen LogP contribution is 2.32. The maximum Gasteiger partial charge on any atom is 0.228 e. The third-order valence-electron chi connectivity index (χ3n) is 4.84. The van der Waals surface area contributed by atoms with Gasteiger partial charge in [-0.25, -0.2) is 13.4 Å². The Bertz CT molecular complexity index is 1190. The van der Waals surface area contributed by atoms with Gasteiger partial charge in [0.25, 0.3) is 0 Å². The molecule has 0 bridgehead atoms. The molecular weight excluding hydrogens is 468 g/mol. The number of thiazole rings is 1. The van der Waals surface area contributed by atoms with Crippen molar-refractivity contribution in [1.82, 2.24) is 4.98 Å². The highest BCUT2D eigenvalue weighted by atomic mass is 32.2. The Hall–Kier alpha value is -1.98.